The highest BCUT2D eigenvalue weighted by Gasteiger charge is 2.27. The molecule has 0 spiro atoms. The van der Waals surface area contributed by atoms with Crippen LogP contribution in [0.15, 0.2) is 12.2 Å². The summed E-state index contributed by atoms with van der Waals surface area (Å²) in [6.45, 7) is 8.45. The third kappa shape index (κ3) is 7.09. The summed E-state index contributed by atoms with van der Waals surface area (Å²) in [6.07, 6.45) is 10.5. The molecular formula is C16H30O3. The van der Waals surface area contributed by atoms with Gasteiger partial charge in [0.2, 0.25) is 0 Å². The van der Waals surface area contributed by atoms with Crippen LogP contribution >= 0.6 is 0 Å². The topological polar surface area (TPSA) is 38.7 Å². The van der Waals surface area contributed by atoms with Crippen molar-refractivity contribution in [3.05, 3.63) is 12.2 Å². The van der Waals surface area contributed by atoms with Gasteiger partial charge in [-0.1, -0.05) is 12.2 Å². The van der Waals surface area contributed by atoms with Crippen molar-refractivity contribution >= 4 is 0 Å². The molecule has 0 saturated heterocycles. The van der Waals surface area contributed by atoms with Gasteiger partial charge in [0.15, 0.2) is 0 Å². The molecule has 0 heterocycles. The molecule has 3 heteroatoms. The molecule has 1 N–H and O–H groups in total. The largest absolute Gasteiger partial charge is 0.393 e. The van der Waals surface area contributed by atoms with Crippen LogP contribution < -0.4 is 0 Å². The highest BCUT2D eigenvalue weighted by atomic mass is 16.6. The standard InChI is InChI=1S/C16H30O3/c1-15(2,12-17)18-13-16(3,4)19-14-10-8-6-5-7-9-11-14/h5-6,14,17H,7-13H2,1-4H3. The number of aliphatic hydroxyl groups is 1. The van der Waals surface area contributed by atoms with E-state index in [4.69, 9.17) is 9.47 Å². The minimum Gasteiger partial charge on any atom is -0.393 e. The lowest BCUT2D eigenvalue weighted by Gasteiger charge is -2.34. The molecule has 1 rings (SSSR count). The normalized spacial score (nSPS) is 22.1. The van der Waals surface area contributed by atoms with E-state index in [1.165, 1.54) is 6.42 Å². The van der Waals surface area contributed by atoms with Crippen LogP contribution in [-0.2, 0) is 9.47 Å². The monoisotopic (exact) mass is 270 g/mol. The molecule has 1 aliphatic carbocycles. The summed E-state index contributed by atoms with van der Waals surface area (Å²) in [7, 11) is 0. The van der Waals surface area contributed by atoms with Crippen LogP contribution in [0.25, 0.3) is 0 Å². The summed E-state index contributed by atoms with van der Waals surface area (Å²) in [6, 6.07) is 0. The summed E-state index contributed by atoms with van der Waals surface area (Å²) in [4.78, 5) is 0. The molecule has 1 unspecified atom stereocenters. The molecule has 112 valence electrons. The van der Waals surface area contributed by atoms with Crippen LogP contribution in [0, 0.1) is 0 Å². The second kappa shape index (κ2) is 7.41. The van der Waals surface area contributed by atoms with Gasteiger partial charge in [0, 0.05) is 0 Å². The van der Waals surface area contributed by atoms with E-state index in [2.05, 4.69) is 26.0 Å². The van der Waals surface area contributed by atoms with Gasteiger partial charge >= 0.3 is 0 Å². The Bertz CT molecular complexity index is 282. The van der Waals surface area contributed by atoms with Crippen molar-refractivity contribution in [1.29, 1.82) is 0 Å². The molecular weight excluding hydrogens is 240 g/mol. The van der Waals surface area contributed by atoms with Crippen molar-refractivity contribution in [3.63, 3.8) is 0 Å². The number of aliphatic hydroxyl groups excluding tert-OH is 1. The zero-order valence-corrected chi connectivity index (χ0v) is 12.9. The van der Waals surface area contributed by atoms with Gasteiger partial charge in [0.05, 0.1) is 30.5 Å². The summed E-state index contributed by atoms with van der Waals surface area (Å²) in [5.41, 5.74) is -0.801. The molecule has 0 saturated carbocycles. The summed E-state index contributed by atoms with van der Waals surface area (Å²) >= 11 is 0. The molecule has 0 fully saturated rings. The van der Waals surface area contributed by atoms with E-state index in [0.717, 1.165) is 25.7 Å². The Balaban J connectivity index is 2.41. The van der Waals surface area contributed by atoms with Crippen LogP contribution in [0.4, 0.5) is 0 Å². The van der Waals surface area contributed by atoms with Gasteiger partial charge in [-0.25, -0.2) is 0 Å². The van der Waals surface area contributed by atoms with Gasteiger partial charge < -0.3 is 14.6 Å². The predicted octanol–water partition coefficient (Wildman–Crippen LogP) is 3.46. The van der Waals surface area contributed by atoms with Crippen LogP contribution in [0.3, 0.4) is 0 Å². The average Bonchev–Trinajstić information content (AvgIpc) is 2.30. The second-order valence-electron chi connectivity index (χ2n) is 6.69. The molecule has 0 amide bonds. The van der Waals surface area contributed by atoms with Crippen LogP contribution in [0.1, 0.15) is 59.8 Å². The number of allylic oxidation sites excluding steroid dienone is 2. The fraction of sp³-hybridized carbons (Fsp3) is 0.875. The van der Waals surface area contributed by atoms with Crippen molar-refractivity contribution in [2.45, 2.75) is 77.1 Å². The Morgan fingerprint density at radius 3 is 2.42 bits per heavy atom. The van der Waals surface area contributed by atoms with E-state index >= 15 is 0 Å². The Hall–Kier alpha value is -0.380. The molecule has 0 aromatic rings. The fourth-order valence-electron chi connectivity index (χ4n) is 2.14. The van der Waals surface area contributed by atoms with Gasteiger partial charge in [-0.05, 0) is 59.8 Å². The Morgan fingerprint density at radius 1 is 1.05 bits per heavy atom. The minimum absolute atomic E-state index is 0.0251. The summed E-state index contributed by atoms with van der Waals surface area (Å²) in [5, 5.41) is 9.21. The Kier molecular flexibility index (Phi) is 6.51. The van der Waals surface area contributed by atoms with E-state index in [1.54, 1.807) is 0 Å². The van der Waals surface area contributed by atoms with Crippen LogP contribution in [-0.4, -0.2) is 35.6 Å². The van der Waals surface area contributed by atoms with Crippen molar-refractivity contribution < 1.29 is 14.6 Å². The summed E-state index contributed by atoms with van der Waals surface area (Å²) in [5.74, 6) is 0. The SMILES string of the molecule is CC(C)(CO)OCC(C)(C)OC1CCC=CCCC1. The number of rotatable bonds is 6. The van der Waals surface area contributed by atoms with Gasteiger partial charge in [-0.3, -0.25) is 0 Å². The van der Waals surface area contributed by atoms with Crippen molar-refractivity contribution in [3.8, 4) is 0 Å². The zero-order valence-electron chi connectivity index (χ0n) is 12.9. The predicted molar refractivity (Wildman–Crippen MR) is 78.3 cm³/mol. The van der Waals surface area contributed by atoms with E-state index in [-0.39, 0.29) is 12.2 Å². The first-order valence-corrected chi connectivity index (χ1v) is 7.42. The zero-order chi connectivity index (χ0) is 14.4. The second-order valence-corrected chi connectivity index (χ2v) is 6.69. The fourth-order valence-corrected chi connectivity index (χ4v) is 2.14. The molecule has 0 aromatic carbocycles. The van der Waals surface area contributed by atoms with Crippen LogP contribution in [0.5, 0.6) is 0 Å². The minimum atomic E-state index is -0.496. The molecule has 19 heavy (non-hydrogen) atoms. The number of ether oxygens (including phenoxy) is 2. The number of hydrogen-bond donors (Lipinski definition) is 1. The smallest absolute Gasteiger partial charge is 0.0863 e. The lowest BCUT2D eigenvalue weighted by molar-refractivity contribution is -0.154. The van der Waals surface area contributed by atoms with Gasteiger partial charge in [-0.2, -0.15) is 0 Å². The number of hydrogen-bond acceptors (Lipinski definition) is 3. The van der Waals surface area contributed by atoms with Gasteiger partial charge in [-0.15, -0.1) is 0 Å². The maximum atomic E-state index is 9.21. The molecule has 3 nitrogen and oxygen atoms in total. The molecule has 0 aliphatic heterocycles. The maximum absolute atomic E-state index is 9.21. The van der Waals surface area contributed by atoms with E-state index in [1.807, 2.05) is 13.8 Å². The maximum Gasteiger partial charge on any atom is 0.0863 e. The van der Waals surface area contributed by atoms with Gasteiger partial charge in [0.1, 0.15) is 0 Å². The highest BCUT2D eigenvalue weighted by molar-refractivity contribution is 4.86. The van der Waals surface area contributed by atoms with Crippen molar-refractivity contribution in [2.24, 2.45) is 0 Å². The molecule has 0 bridgehead atoms. The summed E-state index contributed by atoms with van der Waals surface area (Å²) < 4.78 is 12.0. The third-order valence-corrected chi connectivity index (χ3v) is 3.40. The molecule has 1 aliphatic rings. The third-order valence-electron chi connectivity index (χ3n) is 3.40. The van der Waals surface area contributed by atoms with Gasteiger partial charge in [0.25, 0.3) is 0 Å². The quantitative estimate of drug-likeness (QED) is 0.751. The van der Waals surface area contributed by atoms with Crippen molar-refractivity contribution in [1.82, 2.24) is 0 Å². The highest BCUT2D eigenvalue weighted by Crippen LogP contribution is 2.23. The van der Waals surface area contributed by atoms with Crippen molar-refractivity contribution in [2.75, 3.05) is 13.2 Å². The first-order chi connectivity index (χ1) is 8.85. The van der Waals surface area contributed by atoms with E-state index < -0.39 is 5.60 Å². The first-order valence-electron chi connectivity index (χ1n) is 7.42. The van der Waals surface area contributed by atoms with E-state index in [0.29, 0.717) is 12.7 Å². The first kappa shape index (κ1) is 16.7. The lowest BCUT2D eigenvalue weighted by Crippen LogP contribution is -2.40. The van der Waals surface area contributed by atoms with E-state index in [9.17, 15) is 5.11 Å². The molecule has 0 aromatic heterocycles. The molecule has 0 radical (unpaired) electrons. The Labute approximate surface area is 118 Å². The lowest BCUT2D eigenvalue weighted by atomic mass is 10.0. The molecule has 1 atom stereocenters. The van der Waals surface area contributed by atoms with Crippen LogP contribution in [0.2, 0.25) is 0 Å². The Morgan fingerprint density at radius 2 is 1.74 bits per heavy atom. The average molecular weight is 270 g/mol.